The van der Waals surface area contributed by atoms with E-state index in [1.54, 1.807) is 19.2 Å². The van der Waals surface area contributed by atoms with Crippen LogP contribution in [0.2, 0.25) is 0 Å². The van der Waals surface area contributed by atoms with E-state index in [0.717, 1.165) is 82.1 Å². The molecule has 1 N–H and O–H groups in total. The Balaban J connectivity index is 1.17. The first-order chi connectivity index (χ1) is 16.7. The molecule has 0 unspecified atom stereocenters. The zero-order valence-corrected chi connectivity index (χ0v) is 21.2. The fourth-order valence-corrected chi connectivity index (χ4v) is 5.81. The Kier molecular flexibility index (Phi) is 8.21. The summed E-state index contributed by atoms with van der Waals surface area (Å²) in [6.07, 6.45) is 6.91. The van der Waals surface area contributed by atoms with Crippen LogP contribution in [0.1, 0.15) is 60.1 Å². The van der Waals surface area contributed by atoms with E-state index in [9.17, 15) is 18.4 Å². The summed E-state index contributed by atoms with van der Waals surface area (Å²) >= 11 is 1.40. The van der Waals surface area contributed by atoms with E-state index >= 15 is 0 Å². The van der Waals surface area contributed by atoms with E-state index in [1.165, 1.54) is 22.0 Å². The second-order valence-corrected chi connectivity index (χ2v) is 10.9. The first kappa shape index (κ1) is 25.8. The van der Waals surface area contributed by atoms with Crippen molar-refractivity contribution in [2.45, 2.75) is 63.8 Å². The van der Waals surface area contributed by atoms with Crippen LogP contribution >= 0.6 is 11.3 Å². The molecule has 0 aromatic carbocycles. The predicted molar refractivity (Wildman–Crippen MR) is 132 cm³/mol. The Hall–Kier alpha value is -2.33. The van der Waals surface area contributed by atoms with E-state index in [4.69, 9.17) is 4.74 Å². The molecule has 0 saturated heterocycles. The second-order valence-electron chi connectivity index (χ2n) is 9.84. The molecule has 0 radical (unpaired) electrons. The summed E-state index contributed by atoms with van der Waals surface area (Å²) in [6, 6.07) is 4.89. The molecule has 7 nitrogen and oxygen atoms in total. The topological polar surface area (TPSA) is 76.5 Å². The molecular weight excluding hydrogens is 474 g/mol. The summed E-state index contributed by atoms with van der Waals surface area (Å²) in [4.78, 5) is 32.4. The molecule has 4 rings (SSSR count). The molecule has 1 aliphatic heterocycles. The highest BCUT2D eigenvalue weighted by atomic mass is 32.1. The number of alkyl halides is 2. The first-order valence-electron chi connectivity index (χ1n) is 12.4. The van der Waals surface area contributed by atoms with Gasteiger partial charge in [-0.25, -0.2) is 13.8 Å². The van der Waals surface area contributed by atoms with Gasteiger partial charge in [-0.05, 0) is 57.1 Å². The Morgan fingerprint density at radius 3 is 2.71 bits per heavy atom. The average molecular weight is 509 g/mol. The van der Waals surface area contributed by atoms with E-state index in [-0.39, 0.29) is 17.5 Å². The van der Waals surface area contributed by atoms with Gasteiger partial charge in [-0.3, -0.25) is 9.59 Å². The van der Waals surface area contributed by atoms with Gasteiger partial charge in [0.25, 0.3) is 22.6 Å². The number of amides is 1. The van der Waals surface area contributed by atoms with Crippen LogP contribution in [0.4, 0.5) is 8.78 Å². The molecule has 0 spiro atoms. The van der Waals surface area contributed by atoms with Crippen LogP contribution in [-0.4, -0.2) is 58.6 Å². The minimum Gasteiger partial charge on any atom is -0.464 e. The molecule has 2 aliphatic rings. The van der Waals surface area contributed by atoms with Crippen molar-refractivity contribution in [2.75, 3.05) is 26.2 Å². The summed E-state index contributed by atoms with van der Waals surface area (Å²) in [6.45, 7) is 3.11. The lowest BCUT2D eigenvalue weighted by Gasteiger charge is -2.31. The van der Waals surface area contributed by atoms with Crippen LogP contribution in [0.3, 0.4) is 0 Å². The number of ether oxygens (including phenoxy) is 1. The maximum Gasteiger partial charge on any atom is 0.278 e. The van der Waals surface area contributed by atoms with Crippen LogP contribution in [0.25, 0.3) is 0 Å². The molecule has 1 saturated carbocycles. The van der Waals surface area contributed by atoms with E-state index in [1.807, 2.05) is 0 Å². The highest BCUT2D eigenvalue weighted by Gasteiger charge is 2.26. The number of aromatic nitrogens is 2. The molecule has 3 heterocycles. The molecule has 10 heteroatoms. The van der Waals surface area contributed by atoms with Crippen molar-refractivity contribution >= 4 is 17.2 Å². The summed E-state index contributed by atoms with van der Waals surface area (Å²) in [5.41, 5.74) is 1.19. The normalized spacial score (nSPS) is 21.3. The van der Waals surface area contributed by atoms with Gasteiger partial charge in [0.05, 0.1) is 5.69 Å². The molecule has 1 aliphatic carbocycles. The summed E-state index contributed by atoms with van der Waals surface area (Å²) in [5, 5.41) is 3.45. The quantitative estimate of drug-likeness (QED) is 0.589. The number of hydrogen-bond acceptors (Lipinski definition) is 6. The van der Waals surface area contributed by atoms with Gasteiger partial charge in [0.2, 0.25) is 0 Å². The highest BCUT2D eigenvalue weighted by molar-refractivity contribution is 7.13. The maximum atomic E-state index is 13.0. The number of halogens is 2. The lowest BCUT2D eigenvalue weighted by molar-refractivity contribution is -0.0230. The predicted octanol–water partition coefficient (Wildman–Crippen LogP) is 3.66. The minimum atomic E-state index is -2.85. The van der Waals surface area contributed by atoms with Crippen molar-refractivity contribution in [1.82, 2.24) is 19.8 Å². The monoisotopic (exact) mass is 508 g/mol. The molecule has 35 heavy (non-hydrogen) atoms. The summed E-state index contributed by atoms with van der Waals surface area (Å²) in [5.74, 6) is -2.39. The van der Waals surface area contributed by atoms with Gasteiger partial charge in [-0.2, -0.15) is 0 Å². The van der Waals surface area contributed by atoms with Gasteiger partial charge < -0.3 is 19.5 Å². The Bertz CT molecular complexity index is 1050. The van der Waals surface area contributed by atoms with Crippen molar-refractivity contribution in [3.05, 3.63) is 44.8 Å². The maximum absolute atomic E-state index is 13.0. The number of pyridine rings is 1. The third-order valence-corrected chi connectivity index (χ3v) is 8.05. The van der Waals surface area contributed by atoms with E-state index in [0.29, 0.717) is 16.8 Å². The number of hydrogen-bond donors (Lipinski definition) is 1. The van der Waals surface area contributed by atoms with Crippen LogP contribution in [0.15, 0.2) is 23.0 Å². The Labute approximate surface area is 208 Å². The number of rotatable bonds is 8. The van der Waals surface area contributed by atoms with Crippen LogP contribution in [-0.2, 0) is 19.9 Å². The van der Waals surface area contributed by atoms with Gasteiger partial charge >= 0.3 is 0 Å². The fourth-order valence-electron chi connectivity index (χ4n) is 4.87. The smallest absolute Gasteiger partial charge is 0.278 e. The minimum absolute atomic E-state index is 0.151. The summed E-state index contributed by atoms with van der Waals surface area (Å²) in [7, 11) is 1.62. The zero-order chi connectivity index (χ0) is 25.0. The largest absolute Gasteiger partial charge is 0.464 e. The fraction of sp³-hybridized carbons (Fsp3) is 0.640. The van der Waals surface area contributed by atoms with Crippen molar-refractivity contribution in [1.29, 1.82) is 0 Å². The van der Waals surface area contributed by atoms with Crippen molar-refractivity contribution in [3.8, 4) is 5.19 Å². The number of thiazole rings is 1. The molecule has 2 aromatic heterocycles. The van der Waals surface area contributed by atoms with Gasteiger partial charge in [-0.1, -0.05) is 17.4 Å². The average Bonchev–Trinajstić information content (AvgIpc) is 3.12. The van der Waals surface area contributed by atoms with Gasteiger partial charge in [0.15, 0.2) is 6.61 Å². The first-order valence-corrected chi connectivity index (χ1v) is 13.2. The lowest BCUT2D eigenvalue weighted by Crippen LogP contribution is -2.40. The Morgan fingerprint density at radius 1 is 1.23 bits per heavy atom. The van der Waals surface area contributed by atoms with Crippen LogP contribution < -0.4 is 15.6 Å². The van der Waals surface area contributed by atoms with Gasteiger partial charge in [0, 0.05) is 50.5 Å². The molecule has 192 valence electrons. The zero-order valence-electron chi connectivity index (χ0n) is 20.4. The van der Waals surface area contributed by atoms with Crippen LogP contribution in [0.5, 0.6) is 5.19 Å². The van der Waals surface area contributed by atoms with Crippen molar-refractivity contribution in [3.63, 3.8) is 0 Å². The van der Waals surface area contributed by atoms with Crippen molar-refractivity contribution < 1.29 is 18.3 Å². The van der Waals surface area contributed by atoms with E-state index < -0.39 is 12.5 Å². The van der Waals surface area contributed by atoms with Gasteiger partial charge in [-0.15, -0.1) is 0 Å². The summed E-state index contributed by atoms with van der Waals surface area (Å²) < 4.78 is 32.6. The number of carbonyl (C=O) groups excluding carboxylic acids is 1. The Morgan fingerprint density at radius 2 is 1.97 bits per heavy atom. The number of fused-ring (bicyclic) bond motifs is 1. The second kappa shape index (κ2) is 11.2. The molecule has 1 fully saturated rings. The molecule has 2 aromatic rings. The van der Waals surface area contributed by atoms with Crippen molar-refractivity contribution in [2.24, 2.45) is 13.0 Å². The van der Waals surface area contributed by atoms with Crippen LogP contribution in [0, 0.1) is 5.92 Å². The number of carbonyl (C=O) groups is 1. The third-order valence-electron chi connectivity index (χ3n) is 6.98. The lowest BCUT2D eigenvalue weighted by atomic mass is 9.84. The molecule has 0 atom stereocenters. The molecule has 1 amide bonds. The van der Waals surface area contributed by atoms with Gasteiger partial charge in [0.1, 0.15) is 5.69 Å². The number of nitrogens with zero attached hydrogens (tertiary/aromatic N) is 3. The molecular formula is C25H34F2N4O3S. The van der Waals surface area contributed by atoms with E-state index in [2.05, 4.69) is 15.2 Å². The number of nitrogens with one attached hydrogen (secondary N) is 1. The third kappa shape index (κ3) is 7.10. The SMILES string of the molecule is Cn1c(C(=O)NC2CCC(CCN3CCc4nc(OCC(C)(F)F)sc4CC3)CC2)cccc1=O. The highest BCUT2D eigenvalue weighted by Crippen LogP contribution is 2.30. The standard InChI is InChI=1S/C25H34F2N4O3S/c1-25(26,27)16-34-24-29-19-11-14-31(15-12-21(19)35-24)13-10-17-6-8-18(9-7-17)28-23(33)20-4-3-5-22(32)30(20)2/h3-5,17-18H,6-16H2,1-2H3,(H,28,33). The molecule has 0 bridgehead atoms.